The number of aromatic nitrogens is 1. The van der Waals surface area contributed by atoms with Crippen LogP contribution >= 0.6 is 0 Å². The van der Waals surface area contributed by atoms with Crippen LogP contribution in [0.5, 0.6) is 5.75 Å². The summed E-state index contributed by atoms with van der Waals surface area (Å²) in [5.41, 5.74) is 3.51. The molecule has 1 aromatic heterocycles. The van der Waals surface area contributed by atoms with Crippen molar-refractivity contribution in [3.8, 4) is 5.75 Å². The zero-order chi connectivity index (χ0) is 14.5. The Morgan fingerprint density at radius 3 is 2.65 bits per heavy atom. The predicted molar refractivity (Wildman–Crippen MR) is 83.4 cm³/mol. The van der Waals surface area contributed by atoms with Crippen LogP contribution in [0.15, 0.2) is 6.20 Å². The summed E-state index contributed by atoms with van der Waals surface area (Å²) < 4.78 is 5.52. The molecule has 1 atom stereocenters. The van der Waals surface area contributed by atoms with Crippen molar-refractivity contribution >= 4 is 0 Å². The van der Waals surface area contributed by atoms with Gasteiger partial charge in [0.25, 0.3) is 0 Å². The minimum atomic E-state index is 0.557. The summed E-state index contributed by atoms with van der Waals surface area (Å²) in [6, 6.07) is 0.557. The van der Waals surface area contributed by atoms with Crippen molar-refractivity contribution in [3.05, 3.63) is 23.0 Å². The Labute approximate surface area is 123 Å². The summed E-state index contributed by atoms with van der Waals surface area (Å²) in [5.74, 6) is 1.81. The van der Waals surface area contributed by atoms with Crippen LogP contribution in [0.25, 0.3) is 0 Å². The van der Waals surface area contributed by atoms with E-state index in [2.05, 4.69) is 31.1 Å². The van der Waals surface area contributed by atoms with Crippen LogP contribution < -0.4 is 10.1 Å². The number of likely N-dealkylation sites (N-methyl/N-ethyl adjacent to an activating group) is 1. The molecule has 1 aliphatic rings. The van der Waals surface area contributed by atoms with Gasteiger partial charge in [-0.2, -0.15) is 0 Å². The lowest BCUT2D eigenvalue weighted by atomic mass is 9.92. The van der Waals surface area contributed by atoms with Crippen LogP contribution in [0.4, 0.5) is 0 Å². The van der Waals surface area contributed by atoms with E-state index in [4.69, 9.17) is 4.74 Å². The Kier molecular flexibility index (Phi) is 5.41. The van der Waals surface area contributed by atoms with E-state index in [1.165, 1.54) is 36.9 Å². The second-order valence-electron chi connectivity index (χ2n) is 5.96. The highest BCUT2D eigenvalue weighted by Crippen LogP contribution is 2.31. The van der Waals surface area contributed by atoms with Crippen molar-refractivity contribution < 1.29 is 4.74 Å². The lowest BCUT2D eigenvalue weighted by Crippen LogP contribution is -2.37. The molecule has 1 heterocycles. The monoisotopic (exact) mass is 276 g/mol. The third kappa shape index (κ3) is 3.32. The highest BCUT2D eigenvalue weighted by molar-refractivity contribution is 5.41. The Balaban J connectivity index is 2.17. The number of hydrogen-bond acceptors (Lipinski definition) is 3. The maximum Gasteiger partial charge on any atom is 0.128 e. The van der Waals surface area contributed by atoms with Gasteiger partial charge in [0.2, 0.25) is 0 Å². The fourth-order valence-corrected chi connectivity index (χ4v) is 3.51. The number of rotatable bonds is 6. The Morgan fingerprint density at radius 2 is 2.05 bits per heavy atom. The molecule has 0 spiro atoms. The molecular weight excluding hydrogens is 248 g/mol. The second kappa shape index (κ2) is 7.07. The van der Waals surface area contributed by atoms with Crippen molar-refractivity contribution in [2.45, 2.75) is 58.9 Å². The van der Waals surface area contributed by atoms with Crippen LogP contribution in [-0.2, 0) is 6.42 Å². The zero-order valence-corrected chi connectivity index (χ0v) is 13.3. The number of methoxy groups -OCH3 is 1. The van der Waals surface area contributed by atoms with E-state index in [0.29, 0.717) is 6.04 Å². The van der Waals surface area contributed by atoms with Gasteiger partial charge in [-0.15, -0.1) is 0 Å². The molecule has 0 radical (unpaired) electrons. The van der Waals surface area contributed by atoms with E-state index in [0.717, 1.165) is 30.2 Å². The molecule has 1 aromatic rings. The van der Waals surface area contributed by atoms with Gasteiger partial charge in [0.15, 0.2) is 0 Å². The maximum absolute atomic E-state index is 5.52. The van der Waals surface area contributed by atoms with E-state index < -0.39 is 0 Å². The van der Waals surface area contributed by atoms with Crippen LogP contribution in [0.3, 0.4) is 0 Å². The predicted octanol–water partition coefficient (Wildman–Crippen LogP) is 3.42. The molecule has 3 nitrogen and oxygen atoms in total. The fourth-order valence-electron chi connectivity index (χ4n) is 3.51. The first kappa shape index (κ1) is 15.3. The number of nitrogens with one attached hydrogen (secondary N) is 1. The second-order valence-corrected chi connectivity index (χ2v) is 5.96. The quantitative estimate of drug-likeness (QED) is 0.864. The summed E-state index contributed by atoms with van der Waals surface area (Å²) in [7, 11) is 1.75. The topological polar surface area (TPSA) is 34.2 Å². The number of pyridine rings is 1. The van der Waals surface area contributed by atoms with Crippen LogP contribution in [0.2, 0.25) is 0 Å². The first-order chi connectivity index (χ1) is 9.67. The van der Waals surface area contributed by atoms with Gasteiger partial charge in [0.05, 0.1) is 7.11 Å². The van der Waals surface area contributed by atoms with Gasteiger partial charge in [0, 0.05) is 35.5 Å². The maximum atomic E-state index is 5.52. The summed E-state index contributed by atoms with van der Waals surface area (Å²) in [6.45, 7) is 7.41. The summed E-state index contributed by atoms with van der Waals surface area (Å²) in [6.07, 6.45) is 8.45. The van der Waals surface area contributed by atoms with Gasteiger partial charge < -0.3 is 10.1 Å². The molecule has 1 unspecified atom stereocenters. The molecule has 0 saturated heterocycles. The molecule has 0 aromatic carbocycles. The van der Waals surface area contributed by atoms with Crippen molar-refractivity contribution in [1.82, 2.24) is 10.3 Å². The minimum Gasteiger partial charge on any atom is -0.496 e. The van der Waals surface area contributed by atoms with Gasteiger partial charge in [-0.3, -0.25) is 4.98 Å². The standard InChI is InChI=1S/C17H28N2O/c1-5-18-16(14-8-6-7-9-14)10-15-13(3)17(20-4)12(2)11-19-15/h11,14,16,18H,5-10H2,1-4H3. The third-order valence-electron chi connectivity index (χ3n) is 4.60. The first-order valence-electron chi connectivity index (χ1n) is 7.89. The Bertz CT molecular complexity index is 439. The number of aryl methyl sites for hydroxylation is 1. The van der Waals surface area contributed by atoms with E-state index in [-0.39, 0.29) is 0 Å². The van der Waals surface area contributed by atoms with Gasteiger partial charge in [-0.1, -0.05) is 19.8 Å². The first-order valence-corrected chi connectivity index (χ1v) is 7.89. The SMILES string of the molecule is CCNC(Cc1ncc(C)c(OC)c1C)C1CCCC1. The van der Waals surface area contributed by atoms with Gasteiger partial charge in [-0.05, 0) is 39.2 Å². The van der Waals surface area contributed by atoms with Crippen molar-refractivity contribution in [2.75, 3.05) is 13.7 Å². The van der Waals surface area contributed by atoms with Crippen molar-refractivity contribution in [2.24, 2.45) is 5.92 Å². The normalized spacial score (nSPS) is 17.4. The molecule has 20 heavy (non-hydrogen) atoms. The van der Waals surface area contributed by atoms with Gasteiger partial charge in [-0.25, -0.2) is 0 Å². The van der Waals surface area contributed by atoms with Crippen molar-refractivity contribution in [1.29, 1.82) is 0 Å². The smallest absolute Gasteiger partial charge is 0.128 e. The van der Waals surface area contributed by atoms with Crippen LogP contribution in [0.1, 0.15) is 49.4 Å². The average Bonchev–Trinajstić information content (AvgIpc) is 2.95. The zero-order valence-electron chi connectivity index (χ0n) is 13.3. The van der Waals surface area contributed by atoms with E-state index in [1.807, 2.05) is 6.20 Å². The lowest BCUT2D eigenvalue weighted by Gasteiger charge is -2.25. The van der Waals surface area contributed by atoms with Crippen molar-refractivity contribution in [3.63, 3.8) is 0 Å². The summed E-state index contributed by atoms with van der Waals surface area (Å²) in [4.78, 5) is 4.66. The van der Waals surface area contributed by atoms with Gasteiger partial charge in [0.1, 0.15) is 5.75 Å². The van der Waals surface area contributed by atoms with E-state index in [9.17, 15) is 0 Å². The van der Waals surface area contributed by atoms with E-state index in [1.54, 1.807) is 7.11 Å². The van der Waals surface area contributed by atoms with Gasteiger partial charge >= 0.3 is 0 Å². The average molecular weight is 276 g/mol. The third-order valence-corrected chi connectivity index (χ3v) is 4.60. The number of hydrogen-bond donors (Lipinski definition) is 1. The molecule has 0 amide bonds. The number of nitrogens with zero attached hydrogens (tertiary/aromatic N) is 1. The number of ether oxygens (including phenoxy) is 1. The highest BCUT2D eigenvalue weighted by atomic mass is 16.5. The summed E-state index contributed by atoms with van der Waals surface area (Å²) >= 11 is 0. The molecule has 2 rings (SSSR count). The highest BCUT2D eigenvalue weighted by Gasteiger charge is 2.25. The molecule has 1 aliphatic carbocycles. The molecule has 1 N–H and O–H groups in total. The largest absolute Gasteiger partial charge is 0.496 e. The Morgan fingerprint density at radius 1 is 1.35 bits per heavy atom. The molecule has 1 saturated carbocycles. The Hall–Kier alpha value is -1.09. The molecule has 0 bridgehead atoms. The molecule has 0 aliphatic heterocycles. The molecule has 1 fully saturated rings. The van der Waals surface area contributed by atoms with Crippen LogP contribution in [-0.4, -0.2) is 24.7 Å². The van der Waals surface area contributed by atoms with Crippen LogP contribution in [0, 0.1) is 19.8 Å². The molecule has 3 heteroatoms. The van der Waals surface area contributed by atoms with E-state index >= 15 is 0 Å². The minimum absolute atomic E-state index is 0.557. The molecule has 112 valence electrons. The molecular formula is C17H28N2O. The summed E-state index contributed by atoms with van der Waals surface area (Å²) in [5, 5.41) is 3.67. The lowest BCUT2D eigenvalue weighted by molar-refractivity contribution is 0.358. The fraction of sp³-hybridized carbons (Fsp3) is 0.706.